The van der Waals surface area contributed by atoms with Crippen LogP contribution >= 0.6 is 0 Å². The average molecular weight is 279 g/mol. The molecule has 1 unspecified atom stereocenters. The van der Waals surface area contributed by atoms with Gasteiger partial charge in [-0.05, 0) is 57.1 Å². The molecule has 0 aromatic carbocycles. The zero-order chi connectivity index (χ0) is 14.5. The lowest BCUT2D eigenvalue weighted by molar-refractivity contribution is -0.132. The van der Waals surface area contributed by atoms with Gasteiger partial charge in [0.25, 0.3) is 0 Å². The summed E-state index contributed by atoms with van der Waals surface area (Å²) in [6, 6.07) is 0.0343. The standard InChI is InChI=1S/C16H29N3O/c1-4-10-18-15(13-8-9-13)16(20)19(3)11-14(17-5-2)12-6-7-12/h13,15,17-18H,4-11H2,1-3H3. The molecular formula is C16H29N3O. The summed E-state index contributed by atoms with van der Waals surface area (Å²) in [6.07, 6.45) is 5.87. The van der Waals surface area contributed by atoms with Gasteiger partial charge in [-0.3, -0.25) is 4.79 Å². The maximum Gasteiger partial charge on any atom is 0.240 e. The summed E-state index contributed by atoms with van der Waals surface area (Å²) in [7, 11) is 1.94. The first-order chi connectivity index (χ1) is 9.67. The first-order valence-corrected chi connectivity index (χ1v) is 8.10. The number of carbonyl (C=O) groups is 1. The predicted molar refractivity (Wildman–Crippen MR) is 82.4 cm³/mol. The minimum Gasteiger partial charge on any atom is -0.387 e. The normalized spacial score (nSPS) is 18.6. The van der Waals surface area contributed by atoms with Crippen molar-refractivity contribution in [1.82, 2.24) is 15.5 Å². The number of likely N-dealkylation sites (N-methyl/N-ethyl adjacent to an activating group) is 2. The van der Waals surface area contributed by atoms with Crippen LogP contribution in [0.1, 0.15) is 46.0 Å². The molecule has 114 valence electrons. The van der Waals surface area contributed by atoms with Crippen molar-refractivity contribution in [3.8, 4) is 0 Å². The number of amides is 1. The topological polar surface area (TPSA) is 44.4 Å². The fourth-order valence-corrected chi connectivity index (χ4v) is 2.61. The lowest BCUT2D eigenvalue weighted by Crippen LogP contribution is -2.47. The Kier molecular flexibility index (Phi) is 5.46. The van der Waals surface area contributed by atoms with E-state index in [-0.39, 0.29) is 11.9 Å². The minimum absolute atomic E-state index is 0.0343. The van der Waals surface area contributed by atoms with E-state index >= 15 is 0 Å². The molecule has 1 amide bonds. The third-order valence-corrected chi connectivity index (χ3v) is 4.06. The second kappa shape index (κ2) is 7.11. The molecule has 1 atom stereocenters. The van der Waals surface area contributed by atoms with Crippen LogP contribution in [0.3, 0.4) is 0 Å². The Morgan fingerprint density at radius 3 is 2.55 bits per heavy atom. The molecule has 0 aliphatic heterocycles. The fourth-order valence-electron chi connectivity index (χ4n) is 2.61. The van der Waals surface area contributed by atoms with Gasteiger partial charge in [-0.25, -0.2) is 0 Å². The summed E-state index contributed by atoms with van der Waals surface area (Å²) in [6.45, 7) is 6.86. The van der Waals surface area contributed by atoms with Crippen molar-refractivity contribution < 1.29 is 4.79 Å². The molecule has 0 heterocycles. The van der Waals surface area contributed by atoms with Gasteiger partial charge >= 0.3 is 0 Å². The van der Waals surface area contributed by atoms with E-state index in [1.54, 1.807) is 0 Å². The van der Waals surface area contributed by atoms with Gasteiger partial charge in [-0.15, -0.1) is 0 Å². The van der Waals surface area contributed by atoms with Gasteiger partial charge in [0.2, 0.25) is 5.91 Å². The van der Waals surface area contributed by atoms with Crippen molar-refractivity contribution in [2.45, 2.75) is 52.0 Å². The molecule has 2 N–H and O–H groups in total. The number of hydrogen-bond acceptors (Lipinski definition) is 3. The van der Waals surface area contributed by atoms with Gasteiger partial charge in [-0.1, -0.05) is 6.92 Å². The third-order valence-electron chi connectivity index (χ3n) is 4.06. The van der Waals surface area contributed by atoms with Gasteiger partial charge in [0, 0.05) is 19.3 Å². The SMILES string of the molecule is CCCNC(C(=O)N(C)CC(NCC)=C1CC1)C1CC1. The van der Waals surface area contributed by atoms with E-state index in [9.17, 15) is 4.79 Å². The lowest BCUT2D eigenvalue weighted by Gasteiger charge is -2.26. The molecule has 0 saturated heterocycles. The summed E-state index contributed by atoms with van der Waals surface area (Å²) in [4.78, 5) is 14.5. The molecule has 4 nitrogen and oxygen atoms in total. The Labute approximate surface area is 123 Å². The highest BCUT2D eigenvalue weighted by Gasteiger charge is 2.37. The van der Waals surface area contributed by atoms with E-state index in [2.05, 4.69) is 24.5 Å². The molecule has 0 aromatic rings. The highest BCUT2D eigenvalue weighted by atomic mass is 16.2. The second-order valence-corrected chi connectivity index (χ2v) is 6.08. The monoisotopic (exact) mass is 279 g/mol. The smallest absolute Gasteiger partial charge is 0.240 e. The summed E-state index contributed by atoms with van der Waals surface area (Å²) >= 11 is 0. The van der Waals surface area contributed by atoms with Crippen LogP contribution in [0.2, 0.25) is 0 Å². The summed E-state index contributed by atoms with van der Waals surface area (Å²) < 4.78 is 0. The predicted octanol–water partition coefficient (Wildman–Crippen LogP) is 1.88. The Bertz CT molecular complexity index is 368. The zero-order valence-corrected chi connectivity index (χ0v) is 13.2. The second-order valence-electron chi connectivity index (χ2n) is 6.08. The highest BCUT2D eigenvalue weighted by molar-refractivity contribution is 5.82. The molecule has 20 heavy (non-hydrogen) atoms. The fraction of sp³-hybridized carbons (Fsp3) is 0.812. The van der Waals surface area contributed by atoms with E-state index in [1.807, 2.05) is 11.9 Å². The number of hydrogen-bond donors (Lipinski definition) is 2. The third kappa shape index (κ3) is 4.23. The van der Waals surface area contributed by atoms with Gasteiger partial charge in [0.15, 0.2) is 0 Å². The molecule has 4 heteroatoms. The number of nitrogens with zero attached hydrogens (tertiary/aromatic N) is 1. The van der Waals surface area contributed by atoms with E-state index in [0.717, 1.165) is 26.1 Å². The Morgan fingerprint density at radius 1 is 1.35 bits per heavy atom. The maximum absolute atomic E-state index is 12.6. The lowest BCUT2D eigenvalue weighted by atomic mass is 10.1. The highest BCUT2D eigenvalue weighted by Crippen LogP contribution is 2.34. The molecule has 2 aliphatic rings. The summed E-state index contributed by atoms with van der Waals surface area (Å²) in [5.41, 5.74) is 2.77. The van der Waals surface area contributed by atoms with Crippen LogP contribution in [-0.4, -0.2) is 43.5 Å². The molecule has 0 spiro atoms. The van der Waals surface area contributed by atoms with E-state index < -0.39 is 0 Å². The molecule has 2 aliphatic carbocycles. The Hall–Kier alpha value is -1.03. The van der Waals surface area contributed by atoms with Crippen molar-refractivity contribution in [3.63, 3.8) is 0 Å². The summed E-state index contributed by atoms with van der Waals surface area (Å²) in [5, 5.41) is 6.86. The van der Waals surface area contributed by atoms with Gasteiger partial charge < -0.3 is 15.5 Å². The molecule has 2 saturated carbocycles. The first-order valence-electron chi connectivity index (χ1n) is 8.10. The largest absolute Gasteiger partial charge is 0.387 e. The van der Waals surface area contributed by atoms with E-state index in [1.165, 1.54) is 37.0 Å². The molecule has 2 rings (SSSR count). The Balaban J connectivity index is 1.90. The first kappa shape index (κ1) is 15.4. The van der Waals surface area contributed by atoms with Crippen LogP contribution in [0, 0.1) is 5.92 Å². The maximum atomic E-state index is 12.6. The zero-order valence-electron chi connectivity index (χ0n) is 13.2. The van der Waals surface area contributed by atoms with Crippen molar-refractivity contribution in [2.24, 2.45) is 5.92 Å². The molecular weight excluding hydrogens is 250 g/mol. The van der Waals surface area contributed by atoms with Crippen molar-refractivity contribution in [3.05, 3.63) is 11.3 Å². The number of carbonyl (C=O) groups excluding carboxylic acids is 1. The van der Waals surface area contributed by atoms with Crippen molar-refractivity contribution in [1.29, 1.82) is 0 Å². The van der Waals surface area contributed by atoms with Crippen LogP contribution in [-0.2, 0) is 4.79 Å². The number of allylic oxidation sites excluding steroid dienone is 1. The van der Waals surface area contributed by atoms with Crippen LogP contribution in [0.5, 0.6) is 0 Å². The van der Waals surface area contributed by atoms with Gasteiger partial charge in [0.05, 0.1) is 12.6 Å². The molecule has 0 bridgehead atoms. The Morgan fingerprint density at radius 2 is 2.05 bits per heavy atom. The van der Waals surface area contributed by atoms with Gasteiger partial charge in [-0.2, -0.15) is 0 Å². The number of nitrogens with one attached hydrogen (secondary N) is 2. The average Bonchev–Trinajstić information content (AvgIpc) is 3.29. The molecule has 0 radical (unpaired) electrons. The van der Waals surface area contributed by atoms with E-state index in [4.69, 9.17) is 0 Å². The molecule has 2 fully saturated rings. The van der Waals surface area contributed by atoms with Crippen LogP contribution < -0.4 is 10.6 Å². The number of rotatable bonds is 9. The van der Waals surface area contributed by atoms with Crippen molar-refractivity contribution >= 4 is 5.91 Å². The van der Waals surface area contributed by atoms with Gasteiger partial charge in [0.1, 0.15) is 0 Å². The van der Waals surface area contributed by atoms with Crippen molar-refractivity contribution in [2.75, 3.05) is 26.7 Å². The quantitative estimate of drug-likeness (QED) is 0.677. The minimum atomic E-state index is 0.0343. The summed E-state index contributed by atoms with van der Waals surface area (Å²) in [5.74, 6) is 0.824. The van der Waals surface area contributed by atoms with E-state index in [0.29, 0.717) is 5.92 Å². The van der Waals surface area contributed by atoms with Crippen LogP contribution in [0.15, 0.2) is 11.3 Å². The van der Waals surface area contributed by atoms with Crippen LogP contribution in [0.25, 0.3) is 0 Å². The molecule has 0 aromatic heterocycles. The van der Waals surface area contributed by atoms with Crippen LogP contribution in [0.4, 0.5) is 0 Å².